The standard InChI is InChI=1S/C16H22O2/c1-3-11-18-14-9-7-13(8-10-14)16(17)15-6-4-5-12(15)2/h7-10,12,15H,3-6,11H2,1-2H3. The number of hydrogen-bond acceptors (Lipinski definition) is 2. The van der Waals surface area contributed by atoms with Gasteiger partial charge in [0.05, 0.1) is 6.61 Å². The Morgan fingerprint density at radius 1 is 1.28 bits per heavy atom. The minimum Gasteiger partial charge on any atom is -0.494 e. The Bertz CT molecular complexity index is 394. The molecule has 2 unspecified atom stereocenters. The summed E-state index contributed by atoms with van der Waals surface area (Å²) in [4.78, 5) is 12.3. The van der Waals surface area contributed by atoms with Gasteiger partial charge >= 0.3 is 0 Å². The monoisotopic (exact) mass is 246 g/mol. The van der Waals surface area contributed by atoms with Crippen molar-refractivity contribution in [3.05, 3.63) is 29.8 Å². The average Bonchev–Trinajstić information content (AvgIpc) is 2.82. The van der Waals surface area contributed by atoms with Gasteiger partial charge in [0.1, 0.15) is 5.75 Å². The molecular weight excluding hydrogens is 224 g/mol. The molecule has 18 heavy (non-hydrogen) atoms. The summed E-state index contributed by atoms with van der Waals surface area (Å²) >= 11 is 0. The van der Waals surface area contributed by atoms with Crippen LogP contribution in [0.1, 0.15) is 49.9 Å². The first-order chi connectivity index (χ1) is 8.72. The molecule has 2 nitrogen and oxygen atoms in total. The lowest BCUT2D eigenvalue weighted by Gasteiger charge is -2.14. The fourth-order valence-electron chi connectivity index (χ4n) is 2.68. The molecule has 0 radical (unpaired) electrons. The predicted octanol–water partition coefficient (Wildman–Crippen LogP) is 4.09. The SMILES string of the molecule is CCCOc1ccc(C(=O)C2CCCC2C)cc1. The molecule has 1 aliphatic carbocycles. The van der Waals surface area contributed by atoms with E-state index in [9.17, 15) is 4.79 Å². The van der Waals surface area contributed by atoms with Gasteiger partial charge in [-0.1, -0.05) is 20.3 Å². The summed E-state index contributed by atoms with van der Waals surface area (Å²) in [6.07, 6.45) is 4.43. The summed E-state index contributed by atoms with van der Waals surface area (Å²) < 4.78 is 5.53. The highest BCUT2D eigenvalue weighted by molar-refractivity contribution is 5.98. The van der Waals surface area contributed by atoms with Crippen LogP contribution in [0.5, 0.6) is 5.75 Å². The summed E-state index contributed by atoms with van der Waals surface area (Å²) in [6.45, 7) is 5.00. The molecule has 1 saturated carbocycles. The number of ether oxygens (including phenoxy) is 1. The summed E-state index contributed by atoms with van der Waals surface area (Å²) in [5.41, 5.74) is 0.831. The largest absolute Gasteiger partial charge is 0.494 e. The maximum atomic E-state index is 12.3. The van der Waals surface area contributed by atoms with E-state index in [-0.39, 0.29) is 5.92 Å². The molecule has 0 aromatic heterocycles. The van der Waals surface area contributed by atoms with Crippen LogP contribution in [0, 0.1) is 11.8 Å². The van der Waals surface area contributed by atoms with Gasteiger partial charge < -0.3 is 4.74 Å². The lowest BCUT2D eigenvalue weighted by Crippen LogP contribution is -2.17. The second-order valence-electron chi connectivity index (χ2n) is 5.25. The Kier molecular flexibility index (Phi) is 4.40. The van der Waals surface area contributed by atoms with E-state index in [0.717, 1.165) is 30.8 Å². The number of rotatable bonds is 5. The third-order valence-electron chi connectivity index (χ3n) is 3.81. The Morgan fingerprint density at radius 3 is 2.56 bits per heavy atom. The molecule has 2 heteroatoms. The first-order valence-electron chi connectivity index (χ1n) is 6.99. The van der Waals surface area contributed by atoms with Crippen LogP contribution in [-0.4, -0.2) is 12.4 Å². The molecule has 0 aliphatic heterocycles. The molecule has 0 N–H and O–H groups in total. The number of hydrogen-bond donors (Lipinski definition) is 0. The van der Waals surface area contributed by atoms with Crippen molar-refractivity contribution in [3.8, 4) is 5.75 Å². The Labute approximate surface area is 109 Å². The zero-order chi connectivity index (χ0) is 13.0. The number of benzene rings is 1. The summed E-state index contributed by atoms with van der Waals surface area (Å²) in [6, 6.07) is 7.61. The number of ketones is 1. The van der Waals surface area contributed by atoms with E-state index in [1.165, 1.54) is 12.8 Å². The van der Waals surface area contributed by atoms with Crippen LogP contribution in [0.2, 0.25) is 0 Å². The topological polar surface area (TPSA) is 26.3 Å². The molecule has 1 aromatic carbocycles. The van der Waals surface area contributed by atoms with E-state index in [0.29, 0.717) is 11.7 Å². The van der Waals surface area contributed by atoms with Crippen molar-refractivity contribution in [1.82, 2.24) is 0 Å². The molecule has 98 valence electrons. The van der Waals surface area contributed by atoms with Gasteiger partial charge in [0.25, 0.3) is 0 Å². The minimum absolute atomic E-state index is 0.229. The lowest BCUT2D eigenvalue weighted by molar-refractivity contribution is 0.0897. The van der Waals surface area contributed by atoms with Crippen LogP contribution in [0.4, 0.5) is 0 Å². The van der Waals surface area contributed by atoms with Gasteiger partial charge in [-0.05, 0) is 49.4 Å². The Balaban J connectivity index is 2.02. The molecule has 1 fully saturated rings. The van der Waals surface area contributed by atoms with Gasteiger partial charge in [-0.2, -0.15) is 0 Å². The van der Waals surface area contributed by atoms with Crippen molar-refractivity contribution < 1.29 is 9.53 Å². The average molecular weight is 246 g/mol. The van der Waals surface area contributed by atoms with Crippen molar-refractivity contribution in [2.75, 3.05) is 6.61 Å². The third-order valence-corrected chi connectivity index (χ3v) is 3.81. The van der Waals surface area contributed by atoms with Crippen molar-refractivity contribution in [1.29, 1.82) is 0 Å². The van der Waals surface area contributed by atoms with Crippen LogP contribution in [-0.2, 0) is 0 Å². The van der Waals surface area contributed by atoms with Crippen LogP contribution < -0.4 is 4.74 Å². The minimum atomic E-state index is 0.229. The zero-order valence-corrected chi connectivity index (χ0v) is 11.3. The predicted molar refractivity (Wildman–Crippen MR) is 73.1 cm³/mol. The molecule has 2 rings (SSSR count). The lowest BCUT2D eigenvalue weighted by atomic mass is 9.90. The molecule has 1 aromatic rings. The summed E-state index contributed by atoms with van der Waals surface area (Å²) in [7, 11) is 0. The Hall–Kier alpha value is -1.31. The number of carbonyl (C=O) groups excluding carboxylic acids is 1. The van der Waals surface area contributed by atoms with Crippen LogP contribution in [0.15, 0.2) is 24.3 Å². The molecule has 2 atom stereocenters. The van der Waals surface area contributed by atoms with Crippen molar-refractivity contribution in [2.24, 2.45) is 11.8 Å². The first kappa shape index (κ1) is 13.1. The molecule has 1 aliphatic rings. The highest BCUT2D eigenvalue weighted by Gasteiger charge is 2.30. The second-order valence-corrected chi connectivity index (χ2v) is 5.25. The van der Waals surface area contributed by atoms with E-state index >= 15 is 0 Å². The van der Waals surface area contributed by atoms with Gasteiger partial charge in [0.15, 0.2) is 5.78 Å². The number of Topliss-reactive ketones (excluding diaryl/α,β-unsaturated/α-hetero) is 1. The van der Waals surface area contributed by atoms with Gasteiger partial charge in [0, 0.05) is 11.5 Å². The number of carbonyl (C=O) groups is 1. The Morgan fingerprint density at radius 2 is 2.00 bits per heavy atom. The van der Waals surface area contributed by atoms with Crippen molar-refractivity contribution >= 4 is 5.78 Å². The van der Waals surface area contributed by atoms with Crippen LogP contribution in [0.25, 0.3) is 0 Å². The normalized spacial score (nSPS) is 23.0. The van der Waals surface area contributed by atoms with E-state index in [1.54, 1.807) is 0 Å². The molecule has 0 amide bonds. The maximum Gasteiger partial charge on any atom is 0.166 e. The molecule has 0 bridgehead atoms. The van der Waals surface area contributed by atoms with E-state index < -0.39 is 0 Å². The third kappa shape index (κ3) is 2.92. The zero-order valence-electron chi connectivity index (χ0n) is 11.3. The molecular formula is C16H22O2. The molecule has 0 spiro atoms. The van der Waals surface area contributed by atoms with E-state index in [2.05, 4.69) is 13.8 Å². The van der Waals surface area contributed by atoms with Gasteiger partial charge in [0.2, 0.25) is 0 Å². The van der Waals surface area contributed by atoms with Gasteiger partial charge in [-0.25, -0.2) is 0 Å². The summed E-state index contributed by atoms with van der Waals surface area (Å²) in [5, 5.41) is 0. The maximum absolute atomic E-state index is 12.3. The van der Waals surface area contributed by atoms with Crippen molar-refractivity contribution in [2.45, 2.75) is 39.5 Å². The highest BCUT2D eigenvalue weighted by Crippen LogP contribution is 2.33. The van der Waals surface area contributed by atoms with E-state index in [1.807, 2.05) is 24.3 Å². The quantitative estimate of drug-likeness (QED) is 0.731. The van der Waals surface area contributed by atoms with Crippen molar-refractivity contribution in [3.63, 3.8) is 0 Å². The van der Waals surface area contributed by atoms with Gasteiger partial charge in [-0.15, -0.1) is 0 Å². The molecule has 0 heterocycles. The second kappa shape index (κ2) is 6.03. The highest BCUT2D eigenvalue weighted by atomic mass is 16.5. The fraction of sp³-hybridized carbons (Fsp3) is 0.562. The van der Waals surface area contributed by atoms with Crippen LogP contribution >= 0.6 is 0 Å². The van der Waals surface area contributed by atoms with Crippen LogP contribution in [0.3, 0.4) is 0 Å². The summed E-state index contributed by atoms with van der Waals surface area (Å²) in [5.74, 6) is 1.93. The smallest absolute Gasteiger partial charge is 0.166 e. The van der Waals surface area contributed by atoms with E-state index in [4.69, 9.17) is 4.74 Å². The molecule has 0 saturated heterocycles. The first-order valence-corrected chi connectivity index (χ1v) is 6.99. The fourth-order valence-corrected chi connectivity index (χ4v) is 2.68. The van der Waals surface area contributed by atoms with Gasteiger partial charge in [-0.3, -0.25) is 4.79 Å².